The van der Waals surface area contributed by atoms with Gasteiger partial charge in [-0.25, -0.2) is 4.98 Å². The Morgan fingerprint density at radius 1 is 1.39 bits per heavy atom. The Morgan fingerprint density at radius 2 is 2.30 bits per heavy atom. The molecule has 2 aromatic rings. The van der Waals surface area contributed by atoms with Gasteiger partial charge in [-0.3, -0.25) is 4.90 Å². The van der Waals surface area contributed by atoms with E-state index in [1.54, 1.807) is 11.3 Å². The quantitative estimate of drug-likeness (QED) is 0.840. The third kappa shape index (κ3) is 4.62. The molecule has 0 bridgehead atoms. The molecule has 1 N–H and O–H groups in total. The smallest absolute Gasteiger partial charge is 0.294 e. The molecule has 2 aromatic heterocycles. The van der Waals surface area contributed by atoms with Crippen LogP contribution in [-0.2, 0) is 6.54 Å². The number of aryl methyl sites for hydroxylation is 1. The molecule has 23 heavy (non-hydrogen) atoms. The second-order valence-electron chi connectivity index (χ2n) is 5.89. The molecule has 0 aromatic carbocycles. The lowest BCUT2D eigenvalue weighted by Gasteiger charge is -2.14. The lowest BCUT2D eigenvalue weighted by atomic mass is 10.1. The molecule has 7 heteroatoms. The van der Waals surface area contributed by atoms with Crippen LogP contribution in [0.15, 0.2) is 18.3 Å². The predicted octanol–water partition coefficient (Wildman–Crippen LogP) is 2.57. The zero-order chi connectivity index (χ0) is 16.1. The van der Waals surface area contributed by atoms with E-state index >= 15 is 0 Å². The van der Waals surface area contributed by atoms with E-state index in [1.165, 1.54) is 12.0 Å². The summed E-state index contributed by atoms with van der Waals surface area (Å²) >= 11 is 1.55. The number of nitrogens with one attached hydrogen (secondary N) is 1. The summed E-state index contributed by atoms with van der Waals surface area (Å²) in [6, 6.07) is 4.13. The summed E-state index contributed by atoms with van der Waals surface area (Å²) in [5.41, 5.74) is 1.19. The van der Waals surface area contributed by atoms with E-state index in [9.17, 15) is 0 Å². The Morgan fingerprint density at radius 3 is 3.09 bits per heavy atom. The van der Waals surface area contributed by atoms with Crippen molar-refractivity contribution in [1.82, 2.24) is 20.1 Å². The minimum absolute atomic E-state index is 0.638. The van der Waals surface area contributed by atoms with Crippen LogP contribution in [0.5, 0.6) is 5.19 Å². The average Bonchev–Trinajstić information content (AvgIpc) is 3.17. The summed E-state index contributed by atoms with van der Waals surface area (Å²) in [4.78, 5) is 6.83. The fraction of sp³-hybridized carbons (Fsp3) is 0.562. The van der Waals surface area contributed by atoms with Crippen LogP contribution in [0.25, 0.3) is 0 Å². The van der Waals surface area contributed by atoms with Gasteiger partial charge in [0.15, 0.2) is 0 Å². The highest BCUT2D eigenvalue weighted by molar-refractivity contribution is 7.13. The van der Waals surface area contributed by atoms with Crippen molar-refractivity contribution in [3.8, 4) is 5.19 Å². The first-order valence-corrected chi connectivity index (χ1v) is 8.88. The number of pyridine rings is 1. The second-order valence-corrected chi connectivity index (χ2v) is 6.91. The number of ether oxygens (including phenoxy) is 1. The summed E-state index contributed by atoms with van der Waals surface area (Å²) in [6.45, 7) is 8.67. The number of hydrogen-bond donors (Lipinski definition) is 1. The molecule has 0 radical (unpaired) electrons. The third-order valence-corrected chi connectivity index (χ3v) is 4.75. The van der Waals surface area contributed by atoms with Crippen LogP contribution in [0, 0.1) is 12.8 Å². The molecule has 0 saturated carbocycles. The van der Waals surface area contributed by atoms with Gasteiger partial charge in [0.2, 0.25) is 0 Å². The van der Waals surface area contributed by atoms with Crippen LogP contribution in [0.3, 0.4) is 0 Å². The highest BCUT2D eigenvalue weighted by Gasteiger charge is 2.23. The van der Waals surface area contributed by atoms with Crippen molar-refractivity contribution in [1.29, 1.82) is 0 Å². The molecule has 124 valence electrons. The summed E-state index contributed by atoms with van der Waals surface area (Å²) in [5.74, 6) is 1.61. The summed E-state index contributed by atoms with van der Waals surface area (Å²) in [6.07, 6.45) is 3.10. The molecule has 1 fully saturated rings. The topological polar surface area (TPSA) is 63.2 Å². The maximum atomic E-state index is 5.38. The monoisotopic (exact) mass is 333 g/mol. The van der Waals surface area contributed by atoms with Gasteiger partial charge in [-0.1, -0.05) is 17.4 Å². The molecule has 0 amide bonds. The van der Waals surface area contributed by atoms with Crippen LogP contribution in [0.1, 0.15) is 23.9 Å². The number of rotatable bonds is 7. The Bertz CT molecular complexity index is 615. The highest BCUT2D eigenvalue weighted by atomic mass is 32.1. The standard InChI is InChI=1S/C16H23N5OS/c1-3-22-16-20-19-15(23-16)11-21-7-6-13(10-21)9-18-14-5-4-12(2)8-17-14/h4-5,8,13H,3,6-7,9-11H2,1-2H3,(H,17,18)/t13-/m1/s1. The van der Waals surface area contributed by atoms with Gasteiger partial charge in [-0.2, -0.15) is 0 Å². The maximum absolute atomic E-state index is 5.38. The summed E-state index contributed by atoms with van der Waals surface area (Å²) < 4.78 is 5.38. The normalized spacial score (nSPS) is 18.3. The first-order chi connectivity index (χ1) is 11.2. The molecule has 0 aliphatic carbocycles. The van der Waals surface area contributed by atoms with Gasteiger partial charge in [-0.05, 0) is 44.4 Å². The number of anilines is 1. The van der Waals surface area contributed by atoms with Crippen molar-refractivity contribution in [3.63, 3.8) is 0 Å². The van der Waals surface area contributed by atoms with Gasteiger partial charge in [0.25, 0.3) is 5.19 Å². The van der Waals surface area contributed by atoms with E-state index in [1.807, 2.05) is 19.2 Å². The van der Waals surface area contributed by atoms with Gasteiger partial charge in [0, 0.05) is 19.3 Å². The van der Waals surface area contributed by atoms with Crippen molar-refractivity contribution < 1.29 is 4.74 Å². The Hall–Kier alpha value is -1.73. The minimum Gasteiger partial charge on any atom is -0.469 e. The molecule has 6 nitrogen and oxygen atoms in total. The number of hydrogen-bond acceptors (Lipinski definition) is 7. The number of aromatic nitrogens is 3. The summed E-state index contributed by atoms with van der Waals surface area (Å²) in [7, 11) is 0. The Balaban J connectivity index is 1.43. The fourth-order valence-corrected chi connectivity index (χ4v) is 3.51. The molecule has 1 saturated heterocycles. The van der Waals surface area contributed by atoms with Gasteiger partial charge >= 0.3 is 0 Å². The average molecular weight is 333 g/mol. The van der Waals surface area contributed by atoms with Crippen molar-refractivity contribution in [2.75, 3.05) is 31.6 Å². The molecule has 1 atom stereocenters. The largest absolute Gasteiger partial charge is 0.469 e. The van der Waals surface area contributed by atoms with Crippen LogP contribution in [-0.4, -0.2) is 46.3 Å². The van der Waals surface area contributed by atoms with Gasteiger partial charge in [-0.15, -0.1) is 10.2 Å². The van der Waals surface area contributed by atoms with E-state index in [0.717, 1.165) is 37.0 Å². The van der Waals surface area contributed by atoms with E-state index in [4.69, 9.17) is 4.74 Å². The fourth-order valence-electron chi connectivity index (χ4n) is 2.72. The van der Waals surface area contributed by atoms with Crippen LogP contribution < -0.4 is 10.1 Å². The second kappa shape index (κ2) is 7.70. The van der Waals surface area contributed by atoms with E-state index < -0.39 is 0 Å². The van der Waals surface area contributed by atoms with Crippen molar-refractivity contribution in [3.05, 3.63) is 28.9 Å². The molecule has 1 aliphatic heterocycles. The SMILES string of the molecule is CCOc1nnc(CN2CC[C@H](CNc3ccc(C)cn3)C2)s1. The predicted molar refractivity (Wildman–Crippen MR) is 91.9 cm³/mol. The molecule has 3 rings (SSSR count). The Labute approximate surface area is 140 Å². The lowest BCUT2D eigenvalue weighted by molar-refractivity contribution is 0.317. The first kappa shape index (κ1) is 16.1. The molecule has 3 heterocycles. The van der Waals surface area contributed by atoms with Crippen LogP contribution in [0.4, 0.5) is 5.82 Å². The van der Waals surface area contributed by atoms with Crippen molar-refractivity contribution >= 4 is 17.2 Å². The third-order valence-electron chi connectivity index (χ3n) is 3.93. The van der Waals surface area contributed by atoms with Crippen LogP contribution in [0.2, 0.25) is 0 Å². The van der Waals surface area contributed by atoms with Gasteiger partial charge in [0.05, 0.1) is 13.2 Å². The molecular weight excluding hydrogens is 310 g/mol. The minimum atomic E-state index is 0.638. The lowest BCUT2D eigenvalue weighted by Crippen LogP contribution is -2.22. The molecule has 0 unspecified atom stereocenters. The highest BCUT2D eigenvalue weighted by Crippen LogP contribution is 2.23. The first-order valence-electron chi connectivity index (χ1n) is 8.07. The number of likely N-dealkylation sites (tertiary alicyclic amines) is 1. The zero-order valence-corrected chi connectivity index (χ0v) is 14.5. The van der Waals surface area contributed by atoms with Gasteiger partial charge in [0.1, 0.15) is 10.8 Å². The summed E-state index contributed by atoms with van der Waals surface area (Å²) in [5, 5.41) is 13.4. The molecule has 0 spiro atoms. The van der Waals surface area contributed by atoms with E-state index in [-0.39, 0.29) is 0 Å². The molecular formula is C16H23N5OS. The van der Waals surface area contributed by atoms with Crippen LogP contribution >= 0.6 is 11.3 Å². The Kier molecular flexibility index (Phi) is 5.40. The zero-order valence-electron chi connectivity index (χ0n) is 13.7. The van der Waals surface area contributed by atoms with Gasteiger partial charge < -0.3 is 10.1 Å². The number of nitrogens with zero attached hydrogens (tertiary/aromatic N) is 4. The van der Waals surface area contributed by atoms with E-state index in [2.05, 4.69) is 38.4 Å². The molecule has 1 aliphatic rings. The van der Waals surface area contributed by atoms with Crippen molar-refractivity contribution in [2.45, 2.75) is 26.8 Å². The van der Waals surface area contributed by atoms with E-state index in [0.29, 0.717) is 17.7 Å². The maximum Gasteiger partial charge on any atom is 0.294 e. The van der Waals surface area contributed by atoms with Crippen molar-refractivity contribution in [2.24, 2.45) is 5.92 Å².